The Morgan fingerprint density at radius 2 is 1.61 bits per heavy atom. The van der Waals surface area contributed by atoms with Crippen molar-refractivity contribution in [2.24, 2.45) is 5.92 Å². The molecule has 1 aliphatic carbocycles. The second kappa shape index (κ2) is 9.04. The number of hydrogen-bond donors (Lipinski definition) is 0. The van der Waals surface area contributed by atoms with E-state index in [1.807, 2.05) is 29.2 Å². The van der Waals surface area contributed by atoms with Gasteiger partial charge in [-0.05, 0) is 54.0 Å². The van der Waals surface area contributed by atoms with Crippen molar-refractivity contribution >= 4 is 11.9 Å². The highest BCUT2D eigenvalue weighted by molar-refractivity contribution is 6.00. The lowest BCUT2D eigenvalue weighted by atomic mass is 9.85. The van der Waals surface area contributed by atoms with Crippen molar-refractivity contribution in [3.63, 3.8) is 0 Å². The van der Waals surface area contributed by atoms with Crippen LogP contribution in [0.25, 0.3) is 11.1 Å². The molecular formula is C29H27FN2O4. The zero-order chi connectivity index (χ0) is 24.8. The van der Waals surface area contributed by atoms with Crippen molar-refractivity contribution in [2.45, 2.75) is 43.7 Å². The Morgan fingerprint density at radius 3 is 2.22 bits per heavy atom. The minimum Gasteiger partial charge on any atom is -0.480 e. The molecule has 0 spiro atoms. The van der Waals surface area contributed by atoms with Crippen LogP contribution >= 0.6 is 0 Å². The average Bonchev–Trinajstić information content (AvgIpc) is 3.37. The van der Waals surface area contributed by atoms with E-state index in [0.29, 0.717) is 12.8 Å². The number of methoxy groups -OCH3 is 1. The third kappa shape index (κ3) is 3.74. The van der Waals surface area contributed by atoms with E-state index in [0.717, 1.165) is 19.0 Å². The normalized spacial score (nSPS) is 22.2. The molecule has 1 amide bonds. The topological polar surface area (TPSA) is 68.7 Å². The minimum absolute atomic E-state index is 0.00561. The average molecular weight is 487 g/mol. The molecule has 2 aliphatic heterocycles. The number of nitrogens with zero attached hydrogens (tertiary/aromatic N) is 2. The number of amides is 1. The first-order valence-corrected chi connectivity index (χ1v) is 12.4. The van der Waals surface area contributed by atoms with Gasteiger partial charge in [0.15, 0.2) is 5.78 Å². The first-order chi connectivity index (χ1) is 17.5. The van der Waals surface area contributed by atoms with Gasteiger partial charge in [-0.15, -0.1) is 0 Å². The lowest BCUT2D eigenvalue weighted by Crippen LogP contribution is -2.48. The number of benzene rings is 2. The maximum absolute atomic E-state index is 13.8. The number of ether oxygens (including phenoxy) is 2. The molecule has 2 unspecified atom stereocenters. The quantitative estimate of drug-likeness (QED) is 0.439. The Kier molecular flexibility index (Phi) is 5.70. The number of aromatic nitrogens is 1. The smallest absolute Gasteiger partial charge is 0.410 e. The Morgan fingerprint density at radius 1 is 1.00 bits per heavy atom. The zero-order valence-electron chi connectivity index (χ0n) is 20.0. The summed E-state index contributed by atoms with van der Waals surface area (Å²) in [5.41, 5.74) is 4.90. The molecule has 0 radical (unpaired) electrons. The van der Waals surface area contributed by atoms with E-state index >= 15 is 0 Å². The Bertz CT molecular complexity index is 1280. The molecule has 2 bridgehead atoms. The molecule has 3 aliphatic rings. The van der Waals surface area contributed by atoms with Gasteiger partial charge in [-0.3, -0.25) is 4.79 Å². The van der Waals surface area contributed by atoms with E-state index in [1.54, 1.807) is 0 Å². The molecule has 7 heteroatoms. The number of piperidine rings is 1. The van der Waals surface area contributed by atoms with Gasteiger partial charge in [0, 0.05) is 23.9 Å². The van der Waals surface area contributed by atoms with Gasteiger partial charge in [0.1, 0.15) is 12.4 Å². The van der Waals surface area contributed by atoms with Gasteiger partial charge in [0.2, 0.25) is 5.88 Å². The Hall–Kier alpha value is -3.74. The van der Waals surface area contributed by atoms with Crippen molar-refractivity contribution in [3.05, 3.63) is 83.3 Å². The van der Waals surface area contributed by atoms with Gasteiger partial charge in [0.25, 0.3) is 0 Å². The third-order valence-electron chi connectivity index (χ3n) is 7.93. The van der Waals surface area contributed by atoms with Crippen LogP contribution in [0.15, 0.2) is 60.8 Å². The van der Waals surface area contributed by atoms with Crippen molar-refractivity contribution in [2.75, 3.05) is 13.7 Å². The van der Waals surface area contributed by atoms with E-state index in [9.17, 15) is 14.0 Å². The summed E-state index contributed by atoms with van der Waals surface area (Å²) in [7, 11) is 1.42. The SMILES string of the molecule is COc1ncc(F)cc1C(=O)C1CC2CCC(C1)N2C(=O)OCC1c2ccccc2-c2ccccc21. The first kappa shape index (κ1) is 22.7. The molecule has 2 atom stereocenters. The molecule has 6 rings (SSSR count). The van der Waals surface area contributed by atoms with Gasteiger partial charge in [-0.2, -0.15) is 0 Å². The number of Topliss-reactive ketones (excluding diaryl/α,β-unsaturated/α-hetero) is 1. The van der Waals surface area contributed by atoms with E-state index in [1.165, 1.54) is 35.4 Å². The zero-order valence-corrected chi connectivity index (χ0v) is 20.0. The highest BCUT2D eigenvalue weighted by atomic mass is 19.1. The van der Waals surface area contributed by atoms with Crippen LogP contribution in [-0.4, -0.2) is 47.6 Å². The highest BCUT2D eigenvalue weighted by Gasteiger charge is 2.46. The standard InChI is InChI=1S/C29H27FN2O4/c1-35-28-25(14-18(30)15-31-28)27(33)17-12-19-10-11-20(13-17)32(19)29(34)36-16-26-23-8-4-2-6-21(23)22-7-3-5-9-24(22)26/h2-9,14-15,17,19-20,26H,10-13,16H2,1H3. The van der Waals surface area contributed by atoms with Crippen LogP contribution in [0.4, 0.5) is 9.18 Å². The number of pyridine rings is 1. The highest BCUT2D eigenvalue weighted by Crippen LogP contribution is 2.45. The second-order valence-electron chi connectivity index (χ2n) is 9.84. The molecule has 1 aromatic heterocycles. The van der Waals surface area contributed by atoms with E-state index in [4.69, 9.17) is 9.47 Å². The van der Waals surface area contributed by atoms with Crippen LogP contribution in [-0.2, 0) is 4.74 Å². The number of fused-ring (bicyclic) bond motifs is 5. The van der Waals surface area contributed by atoms with Gasteiger partial charge >= 0.3 is 6.09 Å². The van der Waals surface area contributed by atoms with Gasteiger partial charge < -0.3 is 14.4 Å². The summed E-state index contributed by atoms with van der Waals surface area (Å²) in [6, 6.07) is 17.6. The Labute approximate surface area is 209 Å². The maximum Gasteiger partial charge on any atom is 0.410 e. The number of carbonyl (C=O) groups excluding carboxylic acids is 2. The van der Waals surface area contributed by atoms with Crippen LogP contribution in [0.3, 0.4) is 0 Å². The maximum atomic E-state index is 13.8. The minimum atomic E-state index is -0.571. The molecular weight excluding hydrogens is 459 g/mol. The lowest BCUT2D eigenvalue weighted by Gasteiger charge is -2.37. The lowest BCUT2D eigenvalue weighted by molar-refractivity contribution is 0.0504. The molecule has 2 fully saturated rings. The number of hydrogen-bond acceptors (Lipinski definition) is 5. The Balaban J connectivity index is 1.15. The van der Waals surface area contributed by atoms with Crippen molar-refractivity contribution in [3.8, 4) is 17.0 Å². The molecule has 6 nitrogen and oxygen atoms in total. The molecule has 184 valence electrons. The van der Waals surface area contributed by atoms with E-state index in [-0.39, 0.29) is 53.8 Å². The summed E-state index contributed by atoms with van der Waals surface area (Å²) >= 11 is 0. The van der Waals surface area contributed by atoms with Crippen molar-refractivity contribution < 1.29 is 23.5 Å². The van der Waals surface area contributed by atoms with Crippen LogP contribution in [0, 0.1) is 11.7 Å². The fourth-order valence-electron chi connectivity index (χ4n) is 6.34. The monoisotopic (exact) mass is 486 g/mol. The molecule has 3 heterocycles. The summed E-state index contributed by atoms with van der Waals surface area (Å²) in [6.07, 6.45) is 3.44. The van der Waals surface area contributed by atoms with Crippen LogP contribution in [0.5, 0.6) is 5.88 Å². The van der Waals surface area contributed by atoms with Crippen LogP contribution in [0.2, 0.25) is 0 Å². The van der Waals surface area contributed by atoms with Crippen LogP contribution < -0.4 is 4.74 Å². The van der Waals surface area contributed by atoms with Crippen molar-refractivity contribution in [1.82, 2.24) is 9.88 Å². The van der Waals surface area contributed by atoms with E-state index in [2.05, 4.69) is 29.2 Å². The molecule has 2 aromatic carbocycles. The summed E-state index contributed by atoms with van der Waals surface area (Å²) in [6.45, 7) is 0.275. The molecule has 0 saturated carbocycles. The first-order valence-electron chi connectivity index (χ1n) is 12.4. The summed E-state index contributed by atoms with van der Waals surface area (Å²) in [5, 5.41) is 0. The van der Waals surface area contributed by atoms with Crippen LogP contribution in [0.1, 0.15) is 53.1 Å². The van der Waals surface area contributed by atoms with Crippen molar-refractivity contribution in [1.29, 1.82) is 0 Å². The number of rotatable bonds is 5. The number of ketones is 1. The number of halogens is 1. The fraction of sp³-hybridized carbons (Fsp3) is 0.345. The molecule has 2 saturated heterocycles. The molecule has 3 aromatic rings. The third-order valence-corrected chi connectivity index (χ3v) is 7.93. The summed E-state index contributed by atoms with van der Waals surface area (Å²) < 4.78 is 24.9. The van der Waals surface area contributed by atoms with Gasteiger partial charge in [-0.1, -0.05) is 48.5 Å². The predicted molar refractivity (Wildman–Crippen MR) is 132 cm³/mol. The summed E-state index contributed by atoms with van der Waals surface area (Å²) in [5.74, 6) is -0.919. The predicted octanol–water partition coefficient (Wildman–Crippen LogP) is 5.60. The second-order valence-corrected chi connectivity index (χ2v) is 9.84. The molecule has 36 heavy (non-hydrogen) atoms. The van der Waals surface area contributed by atoms with Gasteiger partial charge in [-0.25, -0.2) is 14.2 Å². The summed E-state index contributed by atoms with van der Waals surface area (Å²) in [4.78, 5) is 32.2. The molecule has 0 N–H and O–H groups in total. The largest absolute Gasteiger partial charge is 0.480 e. The van der Waals surface area contributed by atoms with Gasteiger partial charge in [0.05, 0.1) is 18.9 Å². The number of carbonyl (C=O) groups is 2. The van der Waals surface area contributed by atoms with E-state index < -0.39 is 5.82 Å². The fourth-order valence-corrected chi connectivity index (χ4v) is 6.34.